The molecule has 8 aromatic carbocycles. The zero-order valence-corrected chi connectivity index (χ0v) is 77.3. The third-order valence-corrected chi connectivity index (χ3v) is 26.2. The molecule has 121 heavy (non-hydrogen) atoms. The molecule has 0 radical (unpaired) electrons. The van der Waals surface area contributed by atoms with Crippen LogP contribution in [-0.4, -0.2) is 121 Å². The van der Waals surface area contributed by atoms with Gasteiger partial charge in [0.2, 0.25) is 23.6 Å². The number of carbonyl (C=O) groups is 8. The summed E-state index contributed by atoms with van der Waals surface area (Å²) in [7, 11) is 0. The summed E-state index contributed by atoms with van der Waals surface area (Å²) in [4.78, 5) is 111. The first-order valence-electron chi connectivity index (χ1n) is 39.1. The average Bonchev–Trinajstić information content (AvgIpc) is 1.67. The second-order valence-corrected chi connectivity index (χ2v) is 37.5. The van der Waals surface area contributed by atoms with Crippen molar-refractivity contribution in [2.24, 2.45) is 11.3 Å². The van der Waals surface area contributed by atoms with Crippen LogP contribution in [0.1, 0.15) is 191 Å². The largest absolute Gasteiger partial charge is 0.454 e. The number of rotatable bonds is 22. The van der Waals surface area contributed by atoms with Crippen molar-refractivity contribution in [1.29, 1.82) is 0 Å². The van der Waals surface area contributed by atoms with E-state index in [2.05, 4.69) is 36.0 Å². The maximum absolute atomic E-state index is 13.4. The number of hydrogen-bond donors (Lipinski definition) is 4. The maximum atomic E-state index is 13.4. The Kier molecular flexibility index (Phi) is 33.9. The Morgan fingerprint density at radius 3 is 0.851 bits per heavy atom. The smallest absolute Gasteiger partial charge is 0.324 e. The molecule has 16 nitrogen and oxygen atoms in total. The molecule has 12 rings (SSSR count). The van der Waals surface area contributed by atoms with Crippen molar-refractivity contribution in [2.75, 3.05) is 47.4 Å². The summed E-state index contributed by atoms with van der Waals surface area (Å²) in [5.74, 6) is -3.40. The number of Topliss-reactive ketones (excluding diaryl/α,β-unsaturated/α-hetero) is 4. The van der Waals surface area contributed by atoms with E-state index in [9.17, 15) is 51.5 Å². The topological polar surface area (TPSA) is 198 Å². The molecule has 31 heteroatoms. The van der Waals surface area contributed by atoms with Crippen molar-refractivity contribution < 1.29 is 51.5 Å². The van der Waals surface area contributed by atoms with Gasteiger partial charge in [-0.25, -0.2) is 0 Å². The molecule has 4 heterocycles. The molecular weight excluding hydrogens is 1800 g/mol. The van der Waals surface area contributed by atoms with Gasteiger partial charge in [0.1, 0.15) is 0 Å². The Balaban J connectivity index is 0.000000183. The quantitative estimate of drug-likeness (QED) is 0.0469. The molecule has 0 spiro atoms. The van der Waals surface area contributed by atoms with Gasteiger partial charge < -0.3 is 21.3 Å². The lowest BCUT2D eigenvalue weighted by Gasteiger charge is -2.34. The number of likely N-dealkylation sites (tertiary alicyclic amines) is 4. The minimum atomic E-state index is -5.10. The number of nitrogens with one attached hydrogen (secondary N) is 4. The van der Waals surface area contributed by atoms with E-state index in [0.29, 0.717) is 135 Å². The van der Waals surface area contributed by atoms with Crippen LogP contribution < -0.4 is 21.3 Å². The van der Waals surface area contributed by atoms with Crippen LogP contribution in [0.3, 0.4) is 0 Å². The monoisotopic (exact) mass is 1890 g/mol. The molecule has 0 aromatic heterocycles. The molecule has 4 amide bonds. The van der Waals surface area contributed by atoms with Crippen LogP contribution in [0.15, 0.2) is 146 Å². The summed E-state index contributed by atoms with van der Waals surface area (Å²) >= 11 is 72.6. The summed E-state index contributed by atoms with van der Waals surface area (Å²) in [6, 6.07) is 40.1. The standard InChI is InChI=1S/C24H27Cl3N2O2.C23H25Cl3N2O2.C22H23Cl3N2O2.C21H18Cl3F3N2O2/c1-23(2,3)21(30)17-13-16(25)7-9-20(17)28-22(31)24(4)10-5-11-29(24)14-15-6-8-18(26)19(27)12-15;1-14(2)21(29)17-12-16(24)6-8-20(17)27-22(30)23(3)9-4-10-28(23)13-15-5-7-18(25)19(26)11-15;1-3-20(28)16-12-15(23)6-8-19(16)26-21(29)22(2)9-4-10-27(22)13-14-5-7-17(24)18(25)11-14;1-20(7-2-8-29(20)11-12-3-5-15(23)16(24)9-12)19(31)28-17-6-4-13(22)10-14(17)18(30)21(25,26)27/h6-9,12-13H,5,10-11,14H2,1-4H3,(H,28,31);5-8,11-12,14H,4,9-10,13H2,1-3H3,(H,27,30);5-8,11-12H,3-4,9-10,13H2,1-2H3,(H,26,29);3-6,9-10H,2,7-8,11H2,1H3,(H,28,31)/t24-;23-;22-;20-/m1111/s1. The lowest BCUT2D eigenvalue weighted by Crippen LogP contribution is -2.50. The van der Waals surface area contributed by atoms with Gasteiger partial charge in [-0.05, 0) is 249 Å². The molecule has 4 N–H and O–H groups in total. The van der Waals surface area contributed by atoms with E-state index in [4.69, 9.17) is 139 Å². The molecule has 0 unspecified atom stereocenters. The number of ketones is 4. The number of hydrogen-bond acceptors (Lipinski definition) is 12. The molecule has 646 valence electrons. The van der Waals surface area contributed by atoms with Crippen molar-refractivity contribution in [3.63, 3.8) is 0 Å². The highest BCUT2D eigenvalue weighted by Gasteiger charge is 2.48. The van der Waals surface area contributed by atoms with Crippen LogP contribution in [0.5, 0.6) is 0 Å². The lowest BCUT2D eigenvalue weighted by atomic mass is 9.85. The number of benzene rings is 8. The van der Waals surface area contributed by atoms with E-state index in [1.54, 1.807) is 105 Å². The Bertz CT molecular complexity index is 5090. The summed E-state index contributed by atoms with van der Waals surface area (Å²) in [5.41, 5.74) is 1.94. The minimum Gasteiger partial charge on any atom is -0.324 e. The Morgan fingerprint density at radius 2 is 0.603 bits per heavy atom. The van der Waals surface area contributed by atoms with Crippen LogP contribution >= 0.6 is 139 Å². The maximum Gasteiger partial charge on any atom is 0.454 e. The van der Waals surface area contributed by atoms with Crippen molar-refractivity contribution in [1.82, 2.24) is 19.6 Å². The van der Waals surface area contributed by atoms with Crippen molar-refractivity contribution >= 4 is 209 Å². The SMILES string of the molecule is CC(C)(C)C(=O)c1cc(Cl)ccc1NC(=O)[C@@]1(C)CCCN1Cc1ccc(Cl)c(Cl)c1.CC(C)C(=O)c1cc(Cl)ccc1NC(=O)[C@@]1(C)CCCN1Cc1ccc(Cl)c(Cl)c1.CCC(=O)c1cc(Cl)ccc1NC(=O)[C@@]1(C)CCCN1Cc1ccc(Cl)c(Cl)c1.C[C@]1(C(=O)Nc2ccc(Cl)cc2C(=O)C(F)(F)F)CCCN1Cc1ccc(Cl)c(Cl)c1. The molecule has 4 aliphatic rings. The van der Waals surface area contributed by atoms with Gasteiger partial charge in [-0.15, -0.1) is 0 Å². The molecular formula is C90H93Cl12F3N8O8. The van der Waals surface area contributed by atoms with E-state index in [0.717, 1.165) is 92.9 Å². The van der Waals surface area contributed by atoms with Gasteiger partial charge in [0, 0.05) is 80.7 Å². The van der Waals surface area contributed by atoms with E-state index in [-0.39, 0.29) is 51.7 Å². The molecule has 4 saturated heterocycles. The van der Waals surface area contributed by atoms with Gasteiger partial charge >= 0.3 is 6.18 Å². The normalized spacial score (nSPS) is 19.4. The number of halogens is 15. The van der Waals surface area contributed by atoms with Gasteiger partial charge in [0.05, 0.1) is 90.6 Å². The average molecular weight is 1900 g/mol. The number of nitrogens with zero attached hydrogens (tertiary/aromatic N) is 4. The Labute approximate surface area is 764 Å². The summed E-state index contributed by atoms with van der Waals surface area (Å²) in [6.07, 6.45) is 1.35. The Hall–Kier alpha value is -6.57. The van der Waals surface area contributed by atoms with E-state index < -0.39 is 51.0 Å². The van der Waals surface area contributed by atoms with Gasteiger partial charge in [-0.3, -0.25) is 58.0 Å². The van der Waals surface area contributed by atoms with Crippen molar-refractivity contribution in [2.45, 2.75) is 182 Å². The molecule has 0 aliphatic carbocycles. The predicted molar refractivity (Wildman–Crippen MR) is 486 cm³/mol. The van der Waals surface area contributed by atoms with Crippen LogP contribution in [-0.2, 0) is 45.4 Å². The van der Waals surface area contributed by atoms with Gasteiger partial charge in [0.15, 0.2) is 17.3 Å². The van der Waals surface area contributed by atoms with Gasteiger partial charge in [-0.1, -0.05) is 205 Å². The zero-order chi connectivity index (χ0) is 89.2. The first-order valence-corrected chi connectivity index (χ1v) is 43.7. The van der Waals surface area contributed by atoms with E-state index in [1.165, 1.54) is 12.1 Å². The number of amides is 4. The minimum absolute atomic E-state index is 0.0427. The molecule has 4 atom stereocenters. The van der Waals surface area contributed by atoms with Crippen molar-refractivity contribution in [3.05, 3.63) is 250 Å². The molecule has 8 aromatic rings. The molecule has 4 aliphatic heterocycles. The highest BCUT2D eigenvalue weighted by atomic mass is 35.5. The molecule has 4 fully saturated rings. The highest BCUT2D eigenvalue weighted by molar-refractivity contribution is 6.44. The Morgan fingerprint density at radius 1 is 0.355 bits per heavy atom. The van der Waals surface area contributed by atoms with Crippen LogP contribution in [0, 0.1) is 11.3 Å². The van der Waals surface area contributed by atoms with Gasteiger partial charge in [-0.2, -0.15) is 13.2 Å². The predicted octanol–water partition coefficient (Wildman–Crippen LogP) is 26.0. The second-order valence-electron chi connectivity index (χ2n) is 32.5. The third kappa shape index (κ3) is 24.6. The van der Waals surface area contributed by atoms with Crippen molar-refractivity contribution in [3.8, 4) is 0 Å². The molecule has 0 saturated carbocycles. The lowest BCUT2D eigenvalue weighted by molar-refractivity contribution is -0.126. The summed E-state index contributed by atoms with van der Waals surface area (Å²) < 4.78 is 39.0. The zero-order valence-electron chi connectivity index (χ0n) is 68.2. The molecule has 0 bridgehead atoms. The number of alkyl halides is 3. The first kappa shape index (κ1) is 98.2. The first-order chi connectivity index (χ1) is 56.7. The highest BCUT2D eigenvalue weighted by Crippen LogP contribution is 2.41. The third-order valence-electron chi connectivity index (χ3n) is 22.3. The van der Waals surface area contributed by atoms with Crippen LogP contribution in [0.25, 0.3) is 0 Å². The number of anilines is 4. The number of carbonyl (C=O) groups excluding carboxylic acids is 8. The van der Waals surface area contributed by atoms with Crippen LogP contribution in [0.2, 0.25) is 60.3 Å². The van der Waals surface area contributed by atoms with E-state index >= 15 is 0 Å². The van der Waals surface area contributed by atoms with Crippen LogP contribution in [0.4, 0.5) is 35.9 Å². The fraction of sp³-hybridized carbons (Fsp3) is 0.378. The fourth-order valence-electron chi connectivity index (χ4n) is 15.0. The summed E-state index contributed by atoms with van der Waals surface area (Å²) in [6.45, 7) is 23.6. The van der Waals surface area contributed by atoms with E-state index in [1.807, 2.05) is 96.7 Å². The van der Waals surface area contributed by atoms with Gasteiger partial charge in [0.25, 0.3) is 5.78 Å². The fourth-order valence-corrected chi connectivity index (χ4v) is 16.9. The summed E-state index contributed by atoms with van der Waals surface area (Å²) in [5, 5.41) is 16.6. The second kappa shape index (κ2) is 41.7.